The highest BCUT2D eigenvalue weighted by Crippen LogP contribution is 2.24. The van der Waals surface area contributed by atoms with Gasteiger partial charge in [0.05, 0.1) is 42.5 Å². The number of carboxylic acid groups (broad SMARTS) is 1. The van der Waals surface area contributed by atoms with Crippen LogP contribution in [-0.2, 0) is 14.3 Å². The Labute approximate surface area is 261 Å². The predicted molar refractivity (Wildman–Crippen MR) is 168 cm³/mol. The van der Waals surface area contributed by atoms with Crippen LogP contribution in [0.3, 0.4) is 0 Å². The van der Waals surface area contributed by atoms with Crippen molar-refractivity contribution in [2.75, 3.05) is 0 Å². The lowest BCUT2D eigenvalue weighted by atomic mass is 9.90. The molecule has 1 rings (SSSR count). The number of cyclic esters (lactones) is 1. The van der Waals surface area contributed by atoms with Gasteiger partial charge >= 0.3 is 11.9 Å². The standard InChI is InChI=1S/C34H54O10/c1-5-27-29(39)21-26(37)19-24(35)16-14-17-25(36)20-30(40)31(33(41)42)28(38)18-13-11-9-7-6-8-10-12-15-23(4)32(22(2)3)44-34(27)43/h6-13,15,18,22-32,35-40H,5,14,16-17,19-21H2,1-4H3,(H,41,42). The van der Waals surface area contributed by atoms with Gasteiger partial charge in [0.15, 0.2) is 0 Å². The first-order valence-corrected chi connectivity index (χ1v) is 15.6. The fourth-order valence-corrected chi connectivity index (χ4v) is 5.34. The van der Waals surface area contributed by atoms with Crippen molar-refractivity contribution in [2.45, 2.75) is 115 Å². The lowest BCUT2D eigenvalue weighted by Crippen LogP contribution is -2.39. The molecule has 0 saturated carbocycles. The molecule has 0 saturated heterocycles. The molecule has 0 radical (unpaired) electrons. The summed E-state index contributed by atoms with van der Waals surface area (Å²) in [5.41, 5.74) is 0. The van der Waals surface area contributed by atoms with Crippen LogP contribution in [-0.4, -0.2) is 90.4 Å². The topological polar surface area (TPSA) is 185 Å². The van der Waals surface area contributed by atoms with E-state index in [1.54, 1.807) is 37.3 Å². The second-order valence-corrected chi connectivity index (χ2v) is 12.0. The molecule has 10 heteroatoms. The molecule has 44 heavy (non-hydrogen) atoms. The molecule has 1 aliphatic rings. The molecule has 10 unspecified atom stereocenters. The second kappa shape index (κ2) is 21.2. The van der Waals surface area contributed by atoms with Crippen molar-refractivity contribution in [2.24, 2.45) is 23.7 Å². The molecular weight excluding hydrogens is 568 g/mol. The minimum atomic E-state index is -1.54. The fourth-order valence-electron chi connectivity index (χ4n) is 5.34. The largest absolute Gasteiger partial charge is 0.481 e. The van der Waals surface area contributed by atoms with E-state index >= 15 is 0 Å². The van der Waals surface area contributed by atoms with E-state index in [1.165, 1.54) is 12.2 Å². The predicted octanol–water partition coefficient (Wildman–Crippen LogP) is 3.22. The van der Waals surface area contributed by atoms with E-state index in [0.717, 1.165) is 0 Å². The molecule has 250 valence electrons. The van der Waals surface area contributed by atoms with E-state index in [1.807, 2.05) is 39.0 Å². The van der Waals surface area contributed by atoms with E-state index in [2.05, 4.69) is 0 Å². The zero-order valence-corrected chi connectivity index (χ0v) is 26.4. The molecule has 0 fully saturated rings. The third-order valence-corrected chi connectivity index (χ3v) is 7.85. The Morgan fingerprint density at radius 3 is 1.82 bits per heavy atom. The molecule has 0 aromatic heterocycles. The molecule has 0 aliphatic carbocycles. The lowest BCUT2D eigenvalue weighted by Gasteiger charge is -2.29. The van der Waals surface area contributed by atoms with Gasteiger partial charge in [-0.3, -0.25) is 9.59 Å². The Balaban J connectivity index is 3.13. The van der Waals surface area contributed by atoms with Crippen LogP contribution in [0.4, 0.5) is 0 Å². The number of carbonyl (C=O) groups is 2. The molecule has 0 aromatic rings. The van der Waals surface area contributed by atoms with E-state index in [4.69, 9.17) is 4.74 Å². The van der Waals surface area contributed by atoms with Gasteiger partial charge in [-0.25, -0.2) is 0 Å². The van der Waals surface area contributed by atoms with Crippen LogP contribution in [0.5, 0.6) is 0 Å². The monoisotopic (exact) mass is 622 g/mol. The minimum Gasteiger partial charge on any atom is -0.481 e. The van der Waals surface area contributed by atoms with Crippen LogP contribution >= 0.6 is 0 Å². The van der Waals surface area contributed by atoms with E-state index in [9.17, 15) is 45.3 Å². The van der Waals surface area contributed by atoms with Crippen molar-refractivity contribution in [1.29, 1.82) is 0 Å². The lowest BCUT2D eigenvalue weighted by molar-refractivity contribution is -0.163. The van der Waals surface area contributed by atoms with Gasteiger partial charge in [0.25, 0.3) is 0 Å². The van der Waals surface area contributed by atoms with Crippen LogP contribution in [0.2, 0.25) is 0 Å². The number of ether oxygens (including phenoxy) is 1. The summed E-state index contributed by atoms with van der Waals surface area (Å²) in [7, 11) is 0. The molecule has 0 amide bonds. The number of aliphatic hydroxyl groups is 6. The van der Waals surface area contributed by atoms with Crippen molar-refractivity contribution in [1.82, 2.24) is 0 Å². The molecule has 0 aromatic carbocycles. The first-order valence-electron chi connectivity index (χ1n) is 15.6. The van der Waals surface area contributed by atoms with Crippen LogP contribution in [0.1, 0.15) is 72.6 Å². The van der Waals surface area contributed by atoms with Gasteiger partial charge in [-0.15, -0.1) is 0 Å². The summed E-state index contributed by atoms with van der Waals surface area (Å²) in [6, 6.07) is 0. The van der Waals surface area contributed by atoms with Crippen molar-refractivity contribution in [3.63, 3.8) is 0 Å². The number of esters is 1. The van der Waals surface area contributed by atoms with Gasteiger partial charge in [-0.05, 0) is 38.0 Å². The van der Waals surface area contributed by atoms with E-state index in [0.29, 0.717) is 12.8 Å². The van der Waals surface area contributed by atoms with Gasteiger partial charge in [0.2, 0.25) is 0 Å². The van der Waals surface area contributed by atoms with Crippen molar-refractivity contribution < 1.29 is 50.1 Å². The first kappa shape index (κ1) is 39.4. The number of rotatable bonds is 3. The van der Waals surface area contributed by atoms with Gasteiger partial charge < -0.3 is 40.5 Å². The summed E-state index contributed by atoms with van der Waals surface area (Å²) in [5.74, 6) is -4.41. The normalized spacial score (nSPS) is 34.8. The average molecular weight is 623 g/mol. The quantitative estimate of drug-likeness (QED) is 0.231. The SMILES string of the molecule is CCC1C(=O)OC(C(C)C)C(C)C=CC=CC=CC=CC=CC(O)C(C(=O)O)C(O)CC(O)CCCC(O)CC(O)CC1O. The number of aliphatic hydroxyl groups excluding tert-OH is 6. The summed E-state index contributed by atoms with van der Waals surface area (Å²) >= 11 is 0. The zero-order chi connectivity index (χ0) is 33.2. The van der Waals surface area contributed by atoms with Crippen LogP contribution < -0.4 is 0 Å². The molecule has 7 N–H and O–H groups in total. The number of hydrogen-bond donors (Lipinski definition) is 7. The van der Waals surface area contributed by atoms with Crippen molar-refractivity contribution in [3.8, 4) is 0 Å². The maximum Gasteiger partial charge on any atom is 0.312 e. The third kappa shape index (κ3) is 14.9. The van der Waals surface area contributed by atoms with E-state index in [-0.39, 0.29) is 43.9 Å². The van der Waals surface area contributed by atoms with Crippen molar-refractivity contribution >= 4 is 11.9 Å². The summed E-state index contributed by atoms with van der Waals surface area (Å²) in [6.07, 6.45) is 9.78. The van der Waals surface area contributed by atoms with Crippen LogP contribution in [0.25, 0.3) is 0 Å². The maximum absolute atomic E-state index is 13.1. The smallest absolute Gasteiger partial charge is 0.312 e. The molecule has 10 atom stereocenters. The van der Waals surface area contributed by atoms with Gasteiger partial charge in [0.1, 0.15) is 12.0 Å². The molecular formula is C34H54O10. The molecule has 1 aliphatic heterocycles. The Bertz CT molecular complexity index is 985. The molecule has 1 heterocycles. The van der Waals surface area contributed by atoms with Gasteiger partial charge in [-0.2, -0.15) is 0 Å². The summed E-state index contributed by atoms with van der Waals surface area (Å²) in [6.45, 7) is 7.61. The van der Waals surface area contributed by atoms with E-state index < -0.39 is 66.5 Å². The number of carboxylic acids is 1. The zero-order valence-electron chi connectivity index (χ0n) is 26.4. The summed E-state index contributed by atoms with van der Waals surface area (Å²) < 4.78 is 5.85. The highest BCUT2D eigenvalue weighted by molar-refractivity contribution is 5.73. The summed E-state index contributed by atoms with van der Waals surface area (Å²) in [5, 5.41) is 72.4. The number of aliphatic carboxylic acids is 1. The van der Waals surface area contributed by atoms with Gasteiger partial charge in [-0.1, -0.05) is 88.5 Å². The number of allylic oxidation sites excluding steroid dienone is 8. The van der Waals surface area contributed by atoms with Crippen LogP contribution in [0, 0.1) is 23.7 Å². The maximum atomic E-state index is 13.1. The van der Waals surface area contributed by atoms with Crippen molar-refractivity contribution in [3.05, 3.63) is 60.8 Å². The molecule has 0 spiro atoms. The Kier molecular flexibility index (Phi) is 19.0. The minimum absolute atomic E-state index is 0.0162. The fraction of sp³-hybridized carbons (Fsp3) is 0.647. The Hall–Kier alpha value is -2.60. The third-order valence-electron chi connectivity index (χ3n) is 7.85. The molecule has 0 bridgehead atoms. The second-order valence-electron chi connectivity index (χ2n) is 12.0. The first-order chi connectivity index (χ1) is 20.8. The summed E-state index contributed by atoms with van der Waals surface area (Å²) in [4.78, 5) is 24.8. The Morgan fingerprint density at radius 2 is 1.30 bits per heavy atom. The van der Waals surface area contributed by atoms with Gasteiger partial charge in [0, 0.05) is 18.8 Å². The molecule has 10 nitrogen and oxygen atoms in total. The van der Waals surface area contributed by atoms with Crippen LogP contribution in [0.15, 0.2) is 60.8 Å². The number of carbonyl (C=O) groups excluding carboxylic acids is 1. The highest BCUT2D eigenvalue weighted by Gasteiger charge is 2.34. The Morgan fingerprint density at radius 1 is 0.795 bits per heavy atom. The average Bonchev–Trinajstić information content (AvgIpc) is 2.91. The highest BCUT2D eigenvalue weighted by atomic mass is 16.5. The number of hydrogen-bond acceptors (Lipinski definition) is 9.